The molecule has 1 amide bonds. The summed E-state index contributed by atoms with van der Waals surface area (Å²) in [5.74, 6) is -0.252. The van der Waals surface area contributed by atoms with Crippen LogP contribution in [0.2, 0.25) is 4.34 Å². The molecule has 0 bridgehead atoms. The Bertz CT molecular complexity index is 1330. The number of thiophene rings is 1. The summed E-state index contributed by atoms with van der Waals surface area (Å²) in [6.07, 6.45) is 1.39. The van der Waals surface area contributed by atoms with Crippen LogP contribution in [0.3, 0.4) is 0 Å². The summed E-state index contributed by atoms with van der Waals surface area (Å²) in [5, 5.41) is 1.00. The van der Waals surface area contributed by atoms with Crippen LogP contribution < -0.4 is 4.90 Å². The van der Waals surface area contributed by atoms with Crippen molar-refractivity contribution in [1.82, 2.24) is 14.2 Å². The van der Waals surface area contributed by atoms with E-state index in [1.807, 2.05) is 4.90 Å². The van der Waals surface area contributed by atoms with Gasteiger partial charge in [0.1, 0.15) is 4.21 Å². The molecule has 2 fully saturated rings. The zero-order valence-corrected chi connectivity index (χ0v) is 22.4. The van der Waals surface area contributed by atoms with Gasteiger partial charge in [0.15, 0.2) is 5.13 Å². The highest BCUT2D eigenvalue weighted by Gasteiger charge is 2.36. The molecule has 1 aromatic carbocycles. The van der Waals surface area contributed by atoms with Crippen LogP contribution in [0, 0.1) is 19.8 Å². The molecule has 0 radical (unpaired) electrons. The lowest BCUT2D eigenvalue weighted by Gasteiger charge is -2.38. The van der Waals surface area contributed by atoms with Crippen molar-refractivity contribution < 1.29 is 13.2 Å². The molecule has 5 rings (SSSR count). The summed E-state index contributed by atoms with van der Waals surface area (Å²) in [6.45, 7) is 7.56. The highest BCUT2D eigenvalue weighted by atomic mass is 35.5. The van der Waals surface area contributed by atoms with E-state index in [0.29, 0.717) is 36.8 Å². The first kappa shape index (κ1) is 24.0. The molecule has 11 heteroatoms. The number of hydrogen-bond donors (Lipinski definition) is 0. The summed E-state index contributed by atoms with van der Waals surface area (Å²) in [7, 11) is -3.62. The van der Waals surface area contributed by atoms with E-state index < -0.39 is 10.0 Å². The van der Waals surface area contributed by atoms with Crippen LogP contribution in [0.4, 0.5) is 5.13 Å². The predicted molar refractivity (Wildman–Crippen MR) is 139 cm³/mol. The van der Waals surface area contributed by atoms with Gasteiger partial charge in [-0.15, -0.1) is 11.3 Å². The van der Waals surface area contributed by atoms with E-state index in [2.05, 4.69) is 30.9 Å². The smallest absolute Gasteiger partial charge is 0.252 e. The zero-order valence-electron chi connectivity index (χ0n) is 19.2. The van der Waals surface area contributed by atoms with E-state index in [1.54, 1.807) is 17.4 Å². The van der Waals surface area contributed by atoms with Crippen molar-refractivity contribution >= 4 is 65.6 Å². The van der Waals surface area contributed by atoms with Crippen LogP contribution in [-0.4, -0.2) is 67.8 Å². The average molecular weight is 539 g/mol. The molecule has 2 saturated heterocycles. The molecule has 2 aliphatic heterocycles. The van der Waals surface area contributed by atoms with Gasteiger partial charge in [0, 0.05) is 39.3 Å². The lowest BCUT2D eigenvalue weighted by molar-refractivity contribution is -0.137. The maximum Gasteiger partial charge on any atom is 0.252 e. The number of carbonyl (C=O) groups excluding carboxylic acids is 1. The molecule has 182 valence electrons. The van der Waals surface area contributed by atoms with Crippen LogP contribution in [0.15, 0.2) is 28.5 Å². The standard InChI is InChI=1S/C23H27ClN4O3S3/c1-15-12-16(2)21-18(13-15)32-23(25-21)27-10-8-26(9-11-27)22(29)17-4-3-7-28(14-17)34(30,31)20-6-5-19(24)33-20/h5-6,12-13,17H,3-4,7-11,14H2,1-2H3. The molecule has 3 aromatic rings. The molecule has 1 unspecified atom stereocenters. The third kappa shape index (κ3) is 4.58. The molecular formula is C23H27ClN4O3S3. The highest BCUT2D eigenvalue weighted by Crippen LogP contribution is 2.33. The summed E-state index contributed by atoms with van der Waals surface area (Å²) in [5.41, 5.74) is 3.48. The molecule has 2 aliphatic rings. The number of anilines is 1. The van der Waals surface area contributed by atoms with Crippen molar-refractivity contribution in [1.29, 1.82) is 0 Å². The number of nitrogens with zero attached hydrogens (tertiary/aromatic N) is 4. The van der Waals surface area contributed by atoms with Gasteiger partial charge in [0.2, 0.25) is 5.91 Å². The topological polar surface area (TPSA) is 73.8 Å². The Labute approximate surface area is 213 Å². The summed E-state index contributed by atoms with van der Waals surface area (Å²) in [6, 6.07) is 7.47. The molecule has 2 aromatic heterocycles. The van der Waals surface area contributed by atoms with Crippen molar-refractivity contribution in [3.8, 4) is 0 Å². The third-order valence-electron chi connectivity index (χ3n) is 6.56. The number of rotatable bonds is 4. The fraction of sp³-hybridized carbons (Fsp3) is 0.478. The van der Waals surface area contributed by atoms with Crippen molar-refractivity contribution in [2.24, 2.45) is 5.92 Å². The van der Waals surface area contributed by atoms with E-state index in [1.165, 1.54) is 26.2 Å². The monoisotopic (exact) mass is 538 g/mol. The number of piperidine rings is 1. The second-order valence-corrected chi connectivity index (χ2v) is 13.9. The minimum Gasteiger partial charge on any atom is -0.345 e. The van der Waals surface area contributed by atoms with Gasteiger partial charge in [0.25, 0.3) is 10.0 Å². The number of hydrogen-bond acceptors (Lipinski definition) is 7. The number of aromatic nitrogens is 1. The number of piperazine rings is 1. The van der Waals surface area contributed by atoms with Crippen LogP contribution in [0.25, 0.3) is 10.2 Å². The number of benzene rings is 1. The number of fused-ring (bicyclic) bond motifs is 1. The van der Waals surface area contributed by atoms with E-state index >= 15 is 0 Å². The Balaban J connectivity index is 1.23. The molecule has 0 N–H and O–H groups in total. The quantitative estimate of drug-likeness (QED) is 0.493. The first-order valence-electron chi connectivity index (χ1n) is 11.4. The minimum atomic E-state index is -3.62. The van der Waals surface area contributed by atoms with Crippen LogP contribution in [-0.2, 0) is 14.8 Å². The van der Waals surface area contributed by atoms with Crippen molar-refractivity contribution in [3.63, 3.8) is 0 Å². The molecule has 1 atom stereocenters. The molecule has 0 saturated carbocycles. The second-order valence-electron chi connectivity index (χ2n) is 9.00. The Morgan fingerprint density at radius 1 is 1.09 bits per heavy atom. The number of sulfonamides is 1. The molecule has 4 heterocycles. The molecule has 0 spiro atoms. The fourth-order valence-electron chi connectivity index (χ4n) is 4.80. The fourth-order valence-corrected chi connectivity index (χ4v) is 9.15. The third-order valence-corrected chi connectivity index (χ3v) is 11.2. The van der Waals surface area contributed by atoms with Gasteiger partial charge in [-0.2, -0.15) is 4.31 Å². The lowest BCUT2D eigenvalue weighted by atomic mass is 9.98. The Morgan fingerprint density at radius 3 is 2.56 bits per heavy atom. The van der Waals surface area contributed by atoms with Gasteiger partial charge < -0.3 is 9.80 Å². The van der Waals surface area contributed by atoms with Gasteiger partial charge in [-0.3, -0.25) is 4.79 Å². The van der Waals surface area contributed by atoms with Gasteiger partial charge >= 0.3 is 0 Å². The highest BCUT2D eigenvalue weighted by molar-refractivity contribution is 7.91. The van der Waals surface area contributed by atoms with Crippen LogP contribution >= 0.6 is 34.3 Å². The Kier molecular flexibility index (Phi) is 6.62. The summed E-state index contributed by atoms with van der Waals surface area (Å²) < 4.78 is 29.3. The SMILES string of the molecule is Cc1cc(C)c2nc(N3CCN(C(=O)C4CCCN(S(=O)(=O)c5ccc(Cl)s5)C4)CC3)sc2c1. The molecule has 34 heavy (non-hydrogen) atoms. The summed E-state index contributed by atoms with van der Waals surface area (Å²) >= 11 is 8.71. The van der Waals surface area contributed by atoms with Gasteiger partial charge in [-0.25, -0.2) is 13.4 Å². The van der Waals surface area contributed by atoms with Crippen molar-refractivity contribution in [2.45, 2.75) is 30.9 Å². The number of halogens is 1. The largest absolute Gasteiger partial charge is 0.345 e. The average Bonchev–Trinajstić information content (AvgIpc) is 3.46. The molecule has 0 aliphatic carbocycles. The van der Waals surface area contributed by atoms with Gasteiger partial charge in [-0.05, 0) is 56.0 Å². The van der Waals surface area contributed by atoms with E-state index in [9.17, 15) is 13.2 Å². The minimum absolute atomic E-state index is 0.0551. The second kappa shape index (κ2) is 9.39. The van der Waals surface area contributed by atoms with Crippen molar-refractivity contribution in [2.75, 3.05) is 44.2 Å². The maximum atomic E-state index is 13.3. The number of aryl methyl sites for hydroxylation is 2. The molecular weight excluding hydrogens is 512 g/mol. The number of amides is 1. The van der Waals surface area contributed by atoms with Crippen molar-refractivity contribution in [3.05, 3.63) is 39.7 Å². The van der Waals surface area contributed by atoms with Gasteiger partial charge in [0.05, 0.1) is 20.5 Å². The van der Waals surface area contributed by atoms with E-state index in [-0.39, 0.29) is 22.6 Å². The molecule has 7 nitrogen and oxygen atoms in total. The number of thiazole rings is 1. The Morgan fingerprint density at radius 2 is 1.85 bits per heavy atom. The van der Waals surface area contributed by atoms with E-state index in [4.69, 9.17) is 16.6 Å². The number of carbonyl (C=O) groups is 1. The first-order valence-corrected chi connectivity index (χ1v) is 14.8. The first-order chi connectivity index (χ1) is 16.2. The van der Waals surface area contributed by atoms with Crippen LogP contribution in [0.1, 0.15) is 24.0 Å². The van der Waals surface area contributed by atoms with Crippen LogP contribution in [0.5, 0.6) is 0 Å². The lowest BCUT2D eigenvalue weighted by Crippen LogP contribution is -2.53. The van der Waals surface area contributed by atoms with E-state index in [0.717, 1.165) is 35.1 Å². The Hall–Kier alpha value is -1.72. The summed E-state index contributed by atoms with van der Waals surface area (Å²) in [4.78, 5) is 22.3. The zero-order chi connectivity index (χ0) is 24.0. The predicted octanol–water partition coefficient (Wildman–Crippen LogP) is 4.38. The van der Waals surface area contributed by atoms with Gasteiger partial charge in [-0.1, -0.05) is 29.0 Å². The maximum absolute atomic E-state index is 13.3. The normalized spacial score (nSPS) is 20.3.